The minimum atomic E-state index is -0.115. The van der Waals surface area contributed by atoms with Gasteiger partial charge in [0.1, 0.15) is 5.82 Å². The Kier molecular flexibility index (Phi) is 8.00. The first-order chi connectivity index (χ1) is 13.7. The van der Waals surface area contributed by atoms with Crippen LogP contribution in [-0.4, -0.2) is 9.97 Å². The maximum absolute atomic E-state index is 14.6. The monoisotopic (exact) mass is 382 g/mol. The normalized spacial score (nSPS) is 19.7. The smallest absolute Gasteiger partial charge is 0.159 e. The molecule has 1 fully saturated rings. The van der Waals surface area contributed by atoms with Gasteiger partial charge in [-0.1, -0.05) is 70.9 Å². The van der Waals surface area contributed by atoms with Gasteiger partial charge in [-0.3, -0.25) is 0 Å². The van der Waals surface area contributed by atoms with Gasteiger partial charge < -0.3 is 0 Å². The van der Waals surface area contributed by atoms with Crippen molar-refractivity contribution >= 4 is 0 Å². The van der Waals surface area contributed by atoms with Crippen LogP contribution >= 0.6 is 0 Å². The third-order valence-corrected chi connectivity index (χ3v) is 6.45. The fourth-order valence-electron chi connectivity index (χ4n) is 4.39. The van der Waals surface area contributed by atoms with Gasteiger partial charge in [0.05, 0.1) is 0 Å². The highest BCUT2D eigenvalue weighted by Crippen LogP contribution is 2.33. The predicted octanol–water partition coefficient (Wildman–Crippen LogP) is 7.16. The second kappa shape index (κ2) is 10.7. The number of halogens is 1. The molecule has 28 heavy (non-hydrogen) atoms. The van der Waals surface area contributed by atoms with Crippen molar-refractivity contribution in [1.82, 2.24) is 9.97 Å². The quantitative estimate of drug-likeness (QED) is 0.430. The Morgan fingerprint density at radius 2 is 1.64 bits per heavy atom. The van der Waals surface area contributed by atoms with Crippen LogP contribution in [0.4, 0.5) is 4.39 Å². The molecule has 3 rings (SSSR count). The molecule has 1 saturated carbocycles. The fraction of sp³-hybridized carbons (Fsp3) is 0.600. The van der Waals surface area contributed by atoms with E-state index in [1.54, 1.807) is 6.07 Å². The van der Waals surface area contributed by atoms with Crippen LogP contribution in [-0.2, 0) is 12.8 Å². The van der Waals surface area contributed by atoms with Gasteiger partial charge in [0.2, 0.25) is 0 Å². The topological polar surface area (TPSA) is 25.8 Å². The first-order valence-electron chi connectivity index (χ1n) is 11.3. The lowest BCUT2D eigenvalue weighted by molar-refractivity contribution is 0.258. The Labute approximate surface area is 170 Å². The number of unbranched alkanes of at least 4 members (excludes halogenated alkanes) is 2. The van der Waals surface area contributed by atoms with Crippen LogP contribution in [0.5, 0.6) is 0 Å². The van der Waals surface area contributed by atoms with Crippen LogP contribution in [0.25, 0.3) is 11.4 Å². The van der Waals surface area contributed by atoms with Crippen molar-refractivity contribution in [2.24, 2.45) is 11.8 Å². The summed E-state index contributed by atoms with van der Waals surface area (Å²) < 4.78 is 14.6. The molecule has 0 aliphatic heterocycles. The summed E-state index contributed by atoms with van der Waals surface area (Å²) in [4.78, 5) is 8.91. The number of benzene rings is 1. The Morgan fingerprint density at radius 1 is 0.929 bits per heavy atom. The molecule has 0 spiro atoms. The zero-order chi connectivity index (χ0) is 19.8. The molecule has 0 N–H and O–H groups in total. The van der Waals surface area contributed by atoms with Gasteiger partial charge in [-0.05, 0) is 54.7 Å². The highest BCUT2D eigenvalue weighted by Gasteiger charge is 2.20. The van der Waals surface area contributed by atoms with E-state index in [0.717, 1.165) is 47.8 Å². The largest absolute Gasteiger partial charge is 0.236 e. The summed E-state index contributed by atoms with van der Waals surface area (Å²) in [6.45, 7) is 4.50. The minimum absolute atomic E-state index is 0.115. The number of hydrogen-bond donors (Lipinski definition) is 0. The number of hydrogen-bond acceptors (Lipinski definition) is 2. The maximum Gasteiger partial charge on any atom is 0.159 e. The molecule has 0 atom stereocenters. The lowest BCUT2D eigenvalue weighted by Crippen LogP contribution is -2.14. The number of aromatic nitrogens is 2. The molecule has 0 amide bonds. The van der Waals surface area contributed by atoms with Crippen molar-refractivity contribution in [2.75, 3.05) is 0 Å². The summed E-state index contributed by atoms with van der Waals surface area (Å²) in [6, 6.07) is 5.51. The molecule has 1 aliphatic carbocycles. The molecule has 1 heterocycles. The van der Waals surface area contributed by atoms with Crippen molar-refractivity contribution in [1.29, 1.82) is 0 Å². The highest BCUT2D eigenvalue weighted by atomic mass is 19.1. The van der Waals surface area contributed by atoms with Crippen molar-refractivity contribution in [3.05, 3.63) is 47.5 Å². The lowest BCUT2D eigenvalue weighted by Gasteiger charge is -2.27. The second-order valence-corrected chi connectivity index (χ2v) is 8.51. The van der Waals surface area contributed by atoms with E-state index in [1.807, 2.05) is 24.5 Å². The van der Waals surface area contributed by atoms with Gasteiger partial charge in [0.15, 0.2) is 5.82 Å². The standard InChI is InChI=1S/C25H35FN2/c1-3-5-6-7-21-17-27-25(28-18-21)23-15-14-22(24(26)16-23)13-12-20-10-8-19(4-2)9-11-20/h14-20H,3-13H2,1-2H3. The van der Waals surface area contributed by atoms with E-state index in [-0.39, 0.29) is 5.82 Å². The van der Waals surface area contributed by atoms with Crippen molar-refractivity contribution in [2.45, 2.75) is 84.5 Å². The van der Waals surface area contributed by atoms with Gasteiger partial charge in [-0.15, -0.1) is 0 Å². The highest BCUT2D eigenvalue weighted by molar-refractivity contribution is 5.55. The van der Waals surface area contributed by atoms with Gasteiger partial charge in [-0.2, -0.15) is 0 Å². The third-order valence-electron chi connectivity index (χ3n) is 6.45. The number of rotatable bonds is 9. The molecule has 2 aromatic rings. The van der Waals surface area contributed by atoms with Crippen LogP contribution < -0.4 is 0 Å². The molecule has 2 nitrogen and oxygen atoms in total. The Bertz CT molecular complexity index is 718. The van der Waals surface area contributed by atoms with Gasteiger partial charge in [0.25, 0.3) is 0 Å². The molecular formula is C25H35FN2. The molecule has 1 aromatic heterocycles. The van der Waals surface area contributed by atoms with Crippen molar-refractivity contribution < 1.29 is 4.39 Å². The maximum atomic E-state index is 14.6. The first kappa shape index (κ1) is 21.0. The van der Waals surface area contributed by atoms with Crippen LogP contribution in [0.15, 0.2) is 30.6 Å². The molecule has 152 valence electrons. The minimum Gasteiger partial charge on any atom is -0.236 e. The number of nitrogens with zero attached hydrogens (tertiary/aromatic N) is 2. The molecule has 0 unspecified atom stereocenters. The first-order valence-corrected chi connectivity index (χ1v) is 11.3. The summed E-state index contributed by atoms with van der Waals surface area (Å²) in [5.41, 5.74) is 2.76. The summed E-state index contributed by atoms with van der Waals surface area (Å²) in [5.74, 6) is 2.19. The zero-order valence-electron chi connectivity index (χ0n) is 17.6. The van der Waals surface area contributed by atoms with E-state index in [0.29, 0.717) is 5.82 Å². The summed E-state index contributed by atoms with van der Waals surface area (Å²) >= 11 is 0. The summed E-state index contributed by atoms with van der Waals surface area (Å²) in [7, 11) is 0. The van der Waals surface area contributed by atoms with E-state index in [1.165, 1.54) is 51.4 Å². The average molecular weight is 383 g/mol. The third kappa shape index (κ3) is 5.86. The molecule has 0 saturated heterocycles. The summed E-state index contributed by atoms with van der Waals surface area (Å²) in [5, 5.41) is 0. The summed E-state index contributed by atoms with van der Waals surface area (Å²) in [6.07, 6.45) is 17.0. The Morgan fingerprint density at radius 3 is 2.29 bits per heavy atom. The van der Waals surface area contributed by atoms with Crippen LogP contribution in [0.1, 0.15) is 82.8 Å². The average Bonchev–Trinajstić information content (AvgIpc) is 2.74. The Hall–Kier alpha value is -1.77. The second-order valence-electron chi connectivity index (χ2n) is 8.51. The van der Waals surface area contributed by atoms with Crippen LogP contribution in [0.2, 0.25) is 0 Å². The lowest BCUT2D eigenvalue weighted by atomic mass is 9.78. The van der Waals surface area contributed by atoms with Gasteiger partial charge >= 0.3 is 0 Å². The fourth-order valence-corrected chi connectivity index (χ4v) is 4.39. The SMILES string of the molecule is CCCCCc1cnc(-c2ccc(CCC3CCC(CC)CC3)c(F)c2)nc1. The number of aryl methyl sites for hydroxylation is 2. The van der Waals surface area contributed by atoms with E-state index < -0.39 is 0 Å². The van der Waals surface area contributed by atoms with E-state index in [2.05, 4.69) is 23.8 Å². The molecule has 3 heteroatoms. The van der Waals surface area contributed by atoms with Crippen molar-refractivity contribution in [3.8, 4) is 11.4 Å². The molecule has 1 aliphatic rings. The molecule has 0 radical (unpaired) electrons. The molecular weight excluding hydrogens is 347 g/mol. The van der Waals surface area contributed by atoms with E-state index >= 15 is 0 Å². The van der Waals surface area contributed by atoms with E-state index in [9.17, 15) is 4.39 Å². The van der Waals surface area contributed by atoms with Gasteiger partial charge in [-0.25, -0.2) is 14.4 Å². The molecule has 0 bridgehead atoms. The van der Waals surface area contributed by atoms with Crippen LogP contribution in [0, 0.1) is 17.7 Å². The Balaban J connectivity index is 1.55. The zero-order valence-corrected chi connectivity index (χ0v) is 17.6. The molecule has 1 aromatic carbocycles. The van der Waals surface area contributed by atoms with Crippen molar-refractivity contribution in [3.63, 3.8) is 0 Å². The van der Waals surface area contributed by atoms with Gasteiger partial charge in [0, 0.05) is 18.0 Å². The van der Waals surface area contributed by atoms with Crippen LogP contribution in [0.3, 0.4) is 0 Å². The van der Waals surface area contributed by atoms with E-state index in [4.69, 9.17) is 0 Å². The predicted molar refractivity (Wildman–Crippen MR) is 115 cm³/mol.